The monoisotopic (exact) mass is 238 g/mol. The van der Waals surface area contributed by atoms with Gasteiger partial charge in [-0.15, -0.1) is 0 Å². The average Bonchev–Trinajstić information content (AvgIpc) is 3.15. The molecule has 2 fully saturated rings. The fourth-order valence-corrected chi connectivity index (χ4v) is 2.96. The van der Waals surface area contributed by atoms with E-state index in [4.69, 9.17) is 0 Å². The third kappa shape index (κ3) is 5.39. The van der Waals surface area contributed by atoms with Crippen molar-refractivity contribution >= 4 is 0 Å². The topological polar surface area (TPSA) is 15.3 Å². The number of hydrogen-bond acceptors (Lipinski definition) is 2. The molecular weight excluding hydrogens is 208 g/mol. The minimum absolute atomic E-state index is 0.883. The number of hydrogen-bond donors (Lipinski definition) is 1. The van der Waals surface area contributed by atoms with E-state index in [1.807, 2.05) is 0 Å². The van der Waals surface area contributed by atoms with Crippen LogP contribution in [-0.4, -0.2) is 37.1 Å². The molecule has 0 unspecified atom stereocenters. The highest BCUT2D eigenvalue weighted by Gasteiger charge is 2.19. The largest absolute Gasteiger partial charge is 0.314 e. The molecule has 0 bridgehead atoms. The third-order valence-electron chi connectivity index (χ3n) is 4.40. The first kappa shape index (κ1) is 13.4. The summed E-state index contributed by atoms with van der Waals surface area (Å²) in [5.41, 5.74) is 0. The molecule has 0 amide bonds. The Labute approximate surface area is 107 Å². The summed E-state index contributed by atoms with van der Waals surface area (Å²) in [5, 5.41) is 3.60. The van der Waals surface area contributed by atoms with Gasteiger partial charge in [0.05, 0.1) is 0 Å². The van der Waals surface area contributed by atoms with E-state index >= 15 is 0 Å². The normalized spacial score (nSPS) is 22.9. The number of rotatable bonds is 7. The predicted octanol–water partition coefficient (Wildman–Crippen LogP) is 3.17. The van der Waals surface area contributed by atoms with Crippen molar-refractivity contribution in [2.75, 3.05) is 20.1 Å². The van der Waals surface area contributed by atoms with Crippen molar-refractivity contribution < 1.29 is 0 Å². The van der Waals surface area contributed by atoms with E-state index in [1.165, 1.54) is 77.3 Å². The van der Waals surface area contributed by atoms with Gasteiger partial charge in [-0.05, 0) is 58.7 Å². The quantitative estimate of drug-likeness (QED) is 0.541. The second-order valence-corrected chi connectivity index (χ2v) is 6.06. The van der Waals surface area contributed by atoms with Crippen LogP contribution in [0.2, 0.25) is 0 Å². The molecule has 0 spiro atoms. The molecule has 1 N–H and O–H groups in total. The minimum atomic E-state index is 0.883. The maximum absolute atomic E-state index is 3.60. The van der Waals surface area contributed by atoms with Crippen molar-refractivity contribution in [1.29, 1.82) is 0 Å². The van der Waals surface area contributed by atoms with Gasteiger partial charge in [-0.1, -0.05) is 25.7 Å². The van der Waals surface area contributed by atoms with E-state index in [1.54, 1.807) is 0 Å². The summed E-state index contributed by atoms with van der Waals surface area (Å²) < 4.78 is 0. The van der Waals surface area contributed by atoms with Gasteiger partial charge >= 0.3 is 0 Å². The smallest absolute Gasteiger partial charge is 0.00922 e. The summed E-state index contributed by atoms with van der Waals surface area (Å²) in [5.74, 6) is 0. The first-order valence-electron chi connectivity index (χ1n) is 7.80. The average molecular weight is 238 g/mol. The molecule has 2 aliphatic rings. The van der Waals surface area contributed by atoms with Crippen LogP contribution in [0.4, 0.5) is 0 Å². The molecule has 0 heterocycles. The van der Waals surface area contributed by atoms with Crippen LogP contribution in [0.25, 0.3) is 0 Å². The summed E-state index contributed by atoms with van der Waals surface area (Å²) in [7, 11) is 2.34. The zero-order valence-corrected chi connectivity index (χ0v) is 11.6. The Kier molecular flexibility index (Phi) is 5.79. The molecule has 2 nitrogen and oxygen atoms in total. The van der Waals surface area contributed by atoms with Gasteiger partial charge < -0.3 is 10.2 Å². The molecule has 100 valence electrons. The summed E-state index contributed by atoms with van der Waals surface area (Å²) in [4.78, 5) is 2.63. The predicted molar refractivity (Wildman–Crippen MR) is 74.4 cm³/mol. The van der Waals surface area contributed by atoms with Crippen LogP contribution >= 0.6 is 0 Å². The second kappa shape index (κ2) is 7.38. The molecule has 2 aliphatic carbocycles. The summed E-state index contributed by atoms with van der Waals surface area (Å²) >= 11 is 0. The Morgan fingerprint density at radius 3 is 2.29 bits per heavy atom. The van der Waals surface area contributed by atoms with E-state index in [9.17, 15) is 0 Å². The van der Waals surface area contributed by atoms with Crippen LogP contribution < -0.4 is 5.32 Å². The van der Waals surface area contributed by atoms with Crippen molar-refractivity contribution in [3.05, 3.63) is 0 Å². The fourth-order valence-electron chi connectivity index (χ4n) is 2.96. The van der Waals surface area contributed by atoms with Crippen molar-refractivity contribution in [3.63, 3.8) is 0 Å². The molecule has 17 heavy (non-hydrogen) atoms. The summed E-state index contributed by atoms with van der Waals surface area (Å²) in [6, 6.07) is 1.77. The van der Waals surface area contributed by atoms with Crippen molar-refractivity contribution in [2.45, 2.75) is 76.3 Å². The molecule has 0 aromatic heterocycles. The number of nitrogens with one attached hydrogen (secondary N) is 1. The number of nitrogens with zero attached hydrogens (tertiary/aromatic N) is 1. The van der Waals surface area contributed by atoms with Gasteiger partial charge in [0.25, 0.3) is 0 Å². The SMILES string of the molecule is CN(CCCCNC1CC1)C1CCCCCC1. The van der Waals surface area contributed by atoms with E-state index in [-0.39, 0.29) is 0 Å². The van der Waals surface area contributed by atoms with Crippen LogP contribution in [0.3, 0.4) is 0 Å². The lowest BCUT2D eigenvalue weighted by molar-refractivity contribution is 0.217. The Hall–Kier alpha value is -0.0800. The van der Waals surface area contributed by atoms with E-state index in [0.29, 0.717) is 0 Å². The van der Waals surface area contributed by atoms with Crippen molar-refractivity contribution in [2.24, 2.45) is 0 Å². The van der Waals surface area contributed by atoms with Gasteiger partial charge in [0, 0.05) is 12.1 Å². The molecular formula is C15H30N2. The maximum Gasteiger partial charge on any atom is 0.00922 e. The molecule has 0 atom stereocenters. The van der Waals surface area contributed by atoms with Crippen LogP contribution in [0, 0.1) is 0 Å². The molecule has 0 aromatic rings. The molecule has 2 heteroatoms. The fraction of sp³-hybridized carbons (Fsp3) is 1.00. The lowest BCUT2D eigenvalue weighted by Crippen LogP contribution is -2.32. The van der Waals surface area contributed by atoms with Crippen LogP contribution in [0.1, 0.15) is 64.2 Å². The van der Waals surface area contributed by atoms with E-state index in [2.05, 4.69) is 17.3 Å². The molecule has 0 aromatic carbocycles. The molecule has 2 saturated carbocycles. The lowest BCUT2D eigenvalue weighted by Gasteiger charge is -2.27. The second-order valence-electron chi connectivity index (χ2n) is 6.06. The van der Waals surface area contributed by atoms with Crippen LogP contribution in [0.15, 0.2) is 0 Å². The molecule has 0 radical (unpaired) electrons. The molecule has 0 aliphatic heterocycles. The highest BCUT2D eigenvalue weighted by atomic mass is 15.1. The lowest BCUT2D eigenvalue weighted by atomic mass is 10.1. The van der Waals surface area contributed by atoms with Crippen molar-refractivity contribution in [1.82, 2.24) is 10.2 Å². The Morgan fingerprint density at radius 1 is 0.941 bits per heavy atom. The Morgan fingerprint density at radius 2 is 1.65 bits per heavy atom. The van der Waals surface area contributed by atoms with Gasteiger partial charge in [0.1, 0.15) is 0 Å². The zero-order valence-electron chi connectivity index (χ0n) is 11.6. The Bertz CT molecular complexity index is 193. The Balaban J connectivity index is 1.50. The highest BCUT2D eigenvalue weighted by Crippen LogP contribution is 2.21. The first-order chi connectivity index (χ1) is 8.36. The van der Waals surface area contributed by atoms with Crippen LogP contribution in [0.5, 0.6) is 0 Å². The first-order valence-corrected chi connectivity index (χ1v) is 7.80. The van der Waals surface area contributed by atoms with Crippen molar-refractivity contribution in [3.8, 4) is 0 Å². The zero-order chi connectivity index (χ0) is 11.9. The standard InChI is InChI=1S/C15H30N2/c1-17(15-8-4-2-3-5-9-15)13-7-6-12-16-14-10-11-14/h14-16H,2-13H2,1H3. The van der Waals surface area contributed by atoms with Gasteiger partial charge in [-0.3, -0.25) is 0 Å². The minimum Gasteiger partial charge on any atom is -0.314 e. The van der Waals surface area contributed by atoms with Gasteiger partial charge in [0.2, 0.25) is 0 Å². The van der Waals surface area contributed by atoms with Gasteiger partial charge in [0.15, 0.2) is 0 Å². The summed E-state index contributed by atoms with van der Waals surface area (Å²) in [6.07, 6.45) is 14.3. The summed E-state index contributed by atoms with van der Waals surface area (Å²) in [6.45, 7) is 2.54. The van der Waals surface area contributed by atoms with Gasteiger partial charge in [-0.25, -0.2) is 0 Å². The van der Waals surface area contributed by atoms with E-state index < -0.39 is 0 Å². The molecule has 0 saturated heterocycles. The highest BCUT2D eigenvalue weighted by molar-refractivity contribution is 4.80. The van der Waals surface area contributed by atoms with E-state index in [0.717, 1.165) is 12.1 Å². The maximum atomic E-state index is 3.60. The number of unbranched alkanes of at least 4 members (excludes halogenated alkanes) is 1. The van der Waals surface area contributed by atoms with Gasteiger partial charge in [-0.2, -0.15) is 0 Å². The van der Waals surface area contributed by atoms with Crippen LogP contribution in [-0.2, 0) is 0 Å². The third-order valence-corrected chi connectivity index (χ3v) is 4.40. The molecule has 2 rings (SSSR count).